The monoisotopic (exact) mass is 481 g/mol. The van der Waals surface area contributed by atoms with Crippen LogP contribution in [0.3, 0.4) is 0 Å². The molecule has 8 nitrogen and oxygen atoms in total. The highest BCUT2D eigenvalue weighted by Gasteiger charge is 2.25. The number of fused-ring (bicyclic) bond motifs is 2. The van der Waals surface area contributed by atoms with Crippen LogP contribution in [0.25, 0.3) is 21.5 Å². The highest BCUT2D eigenvalue weighted by atomic mass is 32.2. The molecule has 0 saturated carbocycles. The smallest absolute Gasteiger partial charge is 0.298 e. The van der Waals surface area contributed by atoms with Crippen molar-refractivity contribution >= 4 is 37.4 Å². The lowest BCUT2D eigenvalue weighted by Crippen LogP contribution is -2.09. The Hall–Kier alpha value is -3.69. The lowest BCUT2D eigenvalue weighted by Gasteiger charge is -2.19. The van der Waals surface area contributed by atoms with Crippen molar-refractivity contribution in [3.8, 4) is 11.5 Å². The van der Waals surface area contributed by atoms with Crippen molar-refractivity contribution in [1.29, 1.82) is 0 Å². The van der Waals surface area contributed by atoms with Crippen LogP contribution in [-0.4, -0.2) is 26.6 Å². The number of benzene rings is 4. The second kappa shape index (κ2) is 9.66. The van der Waals surface area contributed by atoms with E-state index in [4.69, 9.17) is 13.7 Å². The largest absolute Gasteiger partial charge is 0.493 e. The van der Waals surface area contributed by atoms with Gasteiger partial charge in [-0.25, -0.2) is 0 Å². The van der Waals surface area contributed by atoms with Crippen LogP contribution >= 0.6 is 0 Å². The van der Waals surface area contributed by atoms with Crippen molar-refractivity contribution in [2.75, 3.05) is 13.2 Å². The third kappa shape index (κ3) is 4.40. The predicted molar refractivity (Wildman–Crippen MR) is 129 cm³/mol. The molecule has 4 rings (SSSR count). The maximum absolute atomic E-state index is 13.3. The Balaban J connectivity index is 1.85. The molecular weight excluding hydrogens is 458 g/mol. The molecule has 4 aromatic carbocycles. The van der Waals surface area contributed by atoms with Crippen LogP contribution in [0, 0.1) is 10.1 Å². The molecule has 0 bridgehead atoms. The lowest BCUT2D eigenvalue weighted by atomic mass is 10.0. The SMILES string of the molecule is CCOc1c2ccccc2c(OCC)c2c(S(=O)(=O)OCc3ccc([N+](=O)[O-])cc3)cccc12. The lowest BCUT2D eigenvalue weighted by molar-refractivity contribution is -0.384. The first-order valence-corrected chi connectivity index (χ1v) is 12.1. The summed E-state index contributed by atoms with van der Waals surface area (Å²) in [6.07, 6.45) is 0. The summed E-state index contributed by atoms with van der Waals surface area (Å²) in [7, 11) is -4.22. The minimum atomic E-state index is -4.22. The van der Waals surface area contributed by atoms with E-state index in [2.05, 4.69) is 0 Å². The Morgan fingerprint density at radius 3 is 2.00 bits per heavy atom. The third-order valence-electron chi connectivity index (χ3n) is 5.29. The van der Waals surface area contributed by atoms with Crippen molar-refractivity contribution in [1.82, 2.24) is 0 Å². The first-order chi connectivity index (χ1) is 16.4. The summed E-state index contributed by atoms with van der Waals surface area (Å²) in [4.78, 5) is 10.3. The topological polar surface area (TPSA) is 105 Å². The molecule has 0 aliphatic rings. The summed E-state index contributed by atoms with van der Waals surface area (Å²) in [5.41, 5.74) is 0.400. The van der Waals surface area contributed by atoms with Crippen molar-refractivity contribution in [3.05, 3.63) is 82.4 Å². The quantitative estimate of drug-likeness (QED) is 0.132. The third-order valence-corrected chi connectivity index (χ3v) is 6.60. The van der Waals surface area contributed by atoms with E-state index in [0.717, 1.165) is 10.8 Å². The molecule has 0 heterocycles. The van der Waals surface area contributed by atoms with Crippen LogP contribution < -0.4 is 9.47 Å². The van der Waals surface area contributed by atoms with Gasteiger partial charge in [0.15, 0.2) is 0 Å². The first-order valence-electron chi connectivity index (χ1n) is 10.7. The van der Waals surface area contributed by atoms with E-state index in [1.54, 1.807) is 12.1 Å². The van der Waals surface area contributed by atoms with Gasteiger partial charge in [-0.3, -0.25) is 14.3 Å². The number of ether oxygens (including phenoxy) is 2. The van der Waals surface area contributed by atoms with Gasteiger partial charge in [-0.1, -0.05) is 36.4 Å². The number of rotatable bonds is 9. The number of hydrogen-bond acceptors (Lipinski definition) is 7. The highest BCUT2D eigenvalue weighted by molar-refractivity contribution is 7.87. The Morgan fingerprint density at radius 1 is 0.794 bits per heavy atom. The summed E-state index contributed by atoms with van der Waals surface area (Å²) in [6.45, 7) is 4.17. The van der Waals surface area contributed by atoms with Gasteiger partial charge in [0.05, 0.1) is 24.7 Å². The zero-order chi connectivity index (χ0) is 24.3. The van der Waals surface area contributed by atoms with Gasteiger partial charge >= 0.3 is 0 Å². The number of nitrogens with zero attached hydrogens (tertiary/aromatic N) is 1. The van der Waals surface area contributed by atoms with E-state index in [1.807, 2.05) is 38.1 Å². The van der Waals surface area contributed by atoms with Gasteiger partial charge in [-0.05, 0) is 37.6 Å². The minimum absolute atomic E-state index is 0.0398. The second-order valence-electron chi connectivity index (χ2n) is 7.39. The van der Waals surface area contributed by atoms with Gasteiger partial charge in [0.1, 0.15) is 16.4 Å². The van der Waals surface area contributed by atoms with Gasteiger partial charge in [-0.15, -0.1) is 0 Å². The van der Waals surface area contributed by atoms with Gasteiger partial charge in [-0.2, -0.15) is 8.42 Å². The van der Waals surface area contributed by atoms with Crippen LogP contribution in [-0.2, 0) is 20.9 Å². The van der Waals surface area contributed by atoms with Crippen molar-refractivity contribution in [2.45, 2.75) is 25.3 Å². The summed E-state index contributed by atoms with van der Waals surface area (Å²) in [6, 6.07) is 18.0. The number of hydrogen-bond donors (Lipinski definition) is 0. The highest BCUT2D eigenvalue weighted by Crippen LogP contribution is 2.45. The second-order valence-corrected chi connectivity index (χ2v) is 8.97. The van der Waals surface area contributed by atoms with E-state index < -0.39 is 15.0 Å². The fraction of sp³-hybridized carbons (Fsp3) is 0.200. The molecular formula is C25H23NO7S. The maximum atomic E-state index is 13.3. The van der Waals surface area contributed by atoms with Crippen molar-refractivity contribution in [3.63, 3.8) is 0 Å². The van der Waals surface area contributed by atoms with E-state index in [1.165, 1.54) is 30.3 Å². The van der Waals surface area contributed by atoms with Gasteiger partial charge < -0.3 is 9.47 Å². The molecule has 0 radical (unpaired) electrons. The number of non-ortho nitro benzene ring substituents is 1. The molecule has 176 valence electrons. The number of nitro groups is 1. The van der Waals surface area contributed by atoms with Crippen LogP contribution in [0.2, 0.25) is 0 Å². The fourth-order valence-corrected chi connectivity index (χ4v) is 4.95. The molecule has 9 heteroatoms. The van der Waals surface area contributed by atoms with Gasteiger partial charge in [0.2, 0.25) is 0 Å². The normalized spacial score (nSPS) is 11.6. The standard InChI is InChI=1S/C25H23NO7S/c1-3-31-24-19-8-5-6-9-20(19)25(32-4-2)23-21(24)10-7-11-22(23)34(29,30)33-16-17-12-14-18(15-13-17)26(27)28/h5-15H,3-4,16H2,1-2H3. The van der Waals surface area contributed by atoms with Crippen LogP contribution in [0.1, 0.15) is 19.4 Å². The predicted octanol–water partition coefficient (Wildman–Crippen LogP) is 5.60. The average molecular weight is 482 g/mol. The van der Waals surface area contributed by atoms with Crippen molar-refractivity contribution in [2.24, 2.45) is 0 Å². The Bertz CT molecular complexity index is 1460. The summed E-state index contributed by atoms with van der Waals surface area (Å²) < 4.78 is 43.9. The Labute approximate surface area is 197 Å². The van der Waals surface area contributed by atoms with Gasteiger partial charge in [0.25, 0.3) is 15.8 Å². The zero-order valence-corrected chi connectivity index (χ0v) is 19.5. The van der Waals surface area contributed by atoms with E-state index >= 15 is 0 Å². The molecule has 0 aromatic heterocycles. The summed E-state index contributed by atoms with van der Waals surface area (Å²) >= 11 is 0. The Morgan fingerprint density at radius 2 is 1.38 bits per heavy atom. The molecule has 0 spiro atoms. The molecule has 0 N–H and O–H groups in total. The molecule has 0 aliphatic carbocycles. The molecule has 34 heavy (non-hydrogen) atoms. The molecule has 0 saturated heterocycles. The van der Waals surface area contributed by atoms with Crippen LogP contribution in [0.4, 0.5) is 5.69 Å². The first kappa shape index (κ1) is 23.5. The summed E-state index contributed by atoms with van der Waals surface area (Å²) in [5, 5.41) is 13.4. The number of nitro benzene ring substituents is 1. The van der Waals surface area contributed by atoms with E-state index in [0.29, 0.717) is 41.0 Å². The molecule has 0 amide bonds. The van der Waals surface area contributed by atoms with Gasteiger partial charge in [0, 0.05) is 33.7 Å². The average Bonchev–Trinajstić information content (AvgIpc) is 2.84. The molecule has 0 fully saturated rings. The van der Waals surface area contributed by atoms with E-state index in [-0.39, 0.29) is 17.2 Å². The van der Waals surface area contributed by atoms with Crippen LogP contribution in [0.15, 0.2) is 71.6 Å². The van der Waals surface area contributed by atoms with Crippen LogP contribution in [0.5, 0.6) is 11.5 Å². The maximum Gasteiger partial charge on any atom is 0.298 e. The zero-order valence-electron chi connectivity index (χ0n) is 18.7. The molecule has 0 aliphatic heterocycles. The van der Waals surface area contributed by atoms with E-state index in [9.17, 15) is 18.5 Å². The summed E-state index contributed by atoms with van der Waals surface area (Å²) in [5.74, 6) is 1.01. The van der Waals surface area contributed by atoms with Crippen molar-refractivity contribution < 1.29 is 27.0 Å². The molecule has 0 atom stereocenters. The molecule has 0 unspecified atom stereocenters. The Kier molecular flexibility index (Phi) is 6.67. The molecule has 4 aromatic rings. The fourth-order valence-electron chi connectivity index (χ4n) is 3.84. The minimum Gasteiger partial charge on any atom is -0.493 e.